The van der Waals surface area contributed by atoms with Crippen LogP contribution in [0, 0.1) is 0 Å². The first-order valence-electron chi connectivity index (χ1n) is 7.68. The summed E-state index contributed by atoms with van der Waals surface area (Å²) in [5, 5.41) is 0. The number of ether oxygens (including phenoxy) is 1. The van der Waals surface area contributed by atoms with Crippen molar-refractivity contribution in [1.82, 2.24) is 0 Å². The number of sulfonamides is 1. The summed E-state index contributed by atoms with van der Waals surface area (Å²) in [5.41, 5.74) is 0.719. The van der Waals surface area contributed by atoms with E-state index in [2.05, 4.69) is 16.4 Å². The minimum Gasteiger partial charge on any atom is -0.404 e. The molecule has 0 aliphatic rings. The van der Waals surface area contributed by atoms with Crippen LogP contribution in [-0.2, 0) is 16.4 Å². The van der Waals surface area contributed by atoms with Crippen LogP contribution in [0.3, 0.4) is 0 Å². The van der Waals surface area contributed by atoms with Crippen LogP contribution in [0.5, 0.6) is 5.75 Å². The lowest BCUT2D eigenvalue weighted by molar-refractivity contribution is -0.274. The van der Waals surface area contributed by atoms with Crippen LogP contribution in [-0.4, -0.2) is 14.8 Å². The second kappa shape index (κ2) is 7.77. The maximum atomic E-state index is 12.4. The molecule has 0 atom stereocenters. The van der Waals surface area contributed by atoms with Crippen molar-refractivity contribution in [1.29, 1.82) is 0 Å². The van der Waals surface area contributed by atoms with E-state index in [-0.39, 0.29) is 10.6 Å². The van der Waals surface area contributed by atoms with E-state index in [0.29, 0.717) is 0 Å². The van der Waals surface area contributed by atoms with Crippen molar-refractivity contribution in [3.63, 3.8) is 0 Å². The third kappa shape index (κ3) is 5.67. The Balaban J connectivity index is 2.21. The van der Waals surface area contributed by atoms with Gasteiger partial charge >= 0.3 is 6.36 Å². The Labute approximate surface area is 144 Å². The minimum atomic E-state index is -4.91. The lowest BCUT2D eigenvalue weighted by Gasteiger charge is -2.15. The molecule has 2 rings (SSSR count). The highest BCUT2D eigenvalue weighted by Gasteiger charge is 2.32. The standard InChI is InChI=1S/C17H18F3NO3S/c1-2-3-6-13-9-11-14(12-10-13)25(22,23)21-15-7-4-5-8-16(15)24-17(18,19)20/h4-5,7-12,21H,2-3,6H2,1H3. The summed E-state index contributed by atoms with van der Waals surface area (Å²) in [6.45, 7) is 2.06. The Hall–Kier alpha value is -2.22. The van der Waals surface area contributed by atoms with Gasteiger partial charge in [0, 0.05) is 0 Å². The average molecular weight is 373 g/mol. The molecule has 0 aromatic heterocycles. The van der Waals surface area contributed by atoms with Crippen LogP contribution in [0.2, 0.25) is 0 Å². The number of benzene rings is 2. The first-order valence-corrected chi connectivity index (χ1v) is 9.16. The zero-order valence-corrected chi connectivity index (χ0v) is 14.3. The highest BCUT2D eigenvalue weighted by molar-refractivity contribution is 7.92. The van der Waals surface area contributed by atoms with Crippen LogP contribution in [0.1, 0.15) is 25.3 Å². The predicted octanol–water partition coefficient (Wildman–Crippen LogP) is 4.73. The van der Waals surface area contributed by atoms with Crippen LogP contribution in [0.4, 0.5) is 18.9 Å². The van der Waals surface area contributed by atoms with Gasteiger partial charge in [-0.3, -0.25) is 4.72 Å². The number of aryl methyl sites for hydroxylation is 1. The molecule has 136 valence electrons. The minimum absolute atomic E-state index is 0.0328. The van der Waals surface area contributed by atoms with Crippen molar-refractivity contribution >= 4 is 15.7 Å². The quantitative estimate of drug-likeness (QED) is 0.763. The van der Waals surface area contributed by atoms with Gasteiger partial charge in [0.25, 0.3) is 10.0 Å². The highest BCUT2D eigenvalue weighted by Crippen LogP contribution is 2.31. The molecule has 0 saturated carbocycles. The maximum absolute atomic E-state index is 12.4. The number of hydrogen-bond donors (Lipinski definition) is 1. The summed E-state index contributed by atoms with van der Waals surface area (Å²) in [6, 6.07) is 11.2. The molecule has 8 heteroatoms. The van der Waals surface area contributed by atoms with E-state index in [1.807, 2.05) is 0 Å². The van der Waals surface area contributed by atoms with Crippen molar-refractivity contribution in [2.45, 2.75) is 37.4 Å². The monoisotopic (exact) mass is 373 g/mol. The van der Waals surface area contributed by atoms with Gasteiger partial charge < -0.3 is 4.74 Å². The topological polar surface area (TPSA) is 55.4 Å². The summed E-state index contributed by atoms with van der Waals surface area (Å²) in [6.07, 6.45) is -2.06. The molecule has 2 aromatic rings. The Bertz CT molecular complexity index is 803. The van der Waals surface area contributed by atoms with Crippen LogP contribution in [0.15, 0.2) is 53.4 Å². The maximum Gasteiger partial charge on any atom is 0.573 e. The van der Waals surface area contributed by atoms with E-state index < -0.39 is 22.1 Å². The van der Waals surface area contributed by atoms with Crippen molar-refractivity contribution in [2.24, 2.45) is 0 Å². The second-order valence-electron chi connectivity index (χ2n) is 5.40. The molecule has 0 amide bonds. The molecule has 0 heterocycles. The van der Waals surface area contributed by atoms with Crippen molar-refractivity contribution in [2.75, 3.05) is 4.72 Å². The number of nitrogens with one attached hydrogen (secondary N) is 1. The molecule has 0 unspecified atom stereocenters. The van der Waals surface area contributed by atoms with Gasteiger partial charge in [-0.05, 0) is 42.7 Å². The van der Waals surface area contributed by atoms with E-state index in [9.17, 15) is 21.6 Å². The Morgan fingerprint density at radius 3 is 2.28 bits per heavy atom. The molecule has 4 nitrogen and oxygen atoms in total. The molecule has 1 N–H and O–H groups in total. The van der Waals surface area contributed by atoms with Crippen LogP contribution >= 0.6 is 0 Å². The molecule has 0 saturated heterocycles. The fraction of sp³-hybridized carbons (Fsp3) is 0.294. The summed E-state index contributed by atoms with van der Waals surface area (Å²) < 4.78 is 68.1. The number of hydrogen-bond acceptors (Lipinski definition) is 3. The van der Waals surface area contributed by atoms with E-state index >= 15 is 0 Å². The van der Waals surface area contributed by atoms with Gasteiger partial charge in [0.1, 0.15) is 0 Å². The summed E-state index contributed by atoms with van der Waals surface area (Å²) >= 11 is 0. The fourth-order valence-corrected chi connectivity index (χ4v) is 3.25. The fourth-order valence-electron chi connectivity index (χ4n) is 2.18. The lowest BCUT2D eigenvalue weighted by atomic mass is 10.1. The lowest BCUT2D eigenvalue weighted by Crippen LogP contribution is -2.19. The second-order valence-corrected chi connectivity index (χ2v) is 7.08. The first kappa shape index (κ1) is 19.1. The molecular weight excluding hydrogens is 355 g/mol. The van der Waals surface area contributed by atoms with E-state index in [4.69, 9.17) is 0 Å². The van der Waals surface area contributed by atoms with Gasteiger partial charge in [0.05, 0.1) is 10.6 Å². The molecule has 0 aliphatic heterocycles. The van der Waals surface area contributed by atoms with E-state index in [0.717, 1.165) is 30.9 Å². The Morgan fingerprint density at radius 1 is 1.04 bits per heavy atom. The molecule has 0 bridgehead atoms. The zero-order chi connectivity index (χ0) is 18.5. The van der Waals surface area contributed by atoms with E-state index in [1.165, 1.54) is 30.3 Å². The van der Waals surface area contributed by atoms with Gasteiger partial charge in [-0.1, -0.05) is 37.6 Å². The van der Waals surface area contributed by atoms with Crippen molar-refractivity contribution in [3.05, 3.63) is 54.1 Å². The van der Waals surface area contributed by atoms with Gasteiger partial charge in [0.2, 0.25) is 0 Å². The van der Waals surface area contributed by atoms with Crippen LogP contribution < -0.4 is 9.46 Å². The Kier molecular flexibility index (Phi) is 5.94. The third-order valence-electron chi connectivity index (χ3n) is 3.41. The number of halogens is 3. The van der Waals surface area contributed by atoms with Crippen LogP contribution in [0.25, 0.3) is 0 Å². The van der Waals surface area contributed by atoms with Crippen molar-refractivity contribution < 1.29 is 26.3 Å². The third-order valence-corrected chi connectivity index (χ3v) is 4.79. The van der Waals surface area contributed by atoms with Gasteiger partial charge in [-0.15, -0.1) is 13.2 Å². The molecule has 0 radical (unpaired) electrons. The summed E-state index contributed by atoms with van der Waals surface area (Å²) in [4.78, 5) is -0.0328. The molecule has 0 aliphatic carbocycles. The number of alkyl halides is 3. The SMILES string of the molecule is CCCCc1ccc(S(=O)(=O)Nc2ccccc2OC(F)(F)F)cc1. The number of anilines is 1. The smallest absolute Gasteiger partial charge is 0.404 e. The Morgan fingerprint density at radius 2 is 1.68 bits per heavy atom. The summed E-state index contributed by atoms with van der Waals surface area (Å²) in [7, 11) is -4.03. The molecule has 0 fully saturated rings. The predicted molar refractivity (Wildman–Crippen MR) is 89.0 cm³/mol. The molecule has 2 aromatic carbocycles. The molecular formula is C17H18F3NO3S. The molecule has 25 heavy (non-hydrogen) atoms. The zero-order valence-electron chi connectivity index (χ0n) is 13.5. The van der Waals surface area contributed by atoms with Gasteiger partial charge in [0.15, 0.2) is 5.75 Å². The average Bonchev–Trinajstić information content (AvgIpc) is 2.53. The van der Waals surface area contributed by atoms with Gasteiger partial charge in [-0.25, -0.2) is 8.42 Å². The number of unbranched alkanes of at least 4 members (excludes halogenated alkanes) is 1. The van der Waals surface area contributed by atoms with E-state index in [1.54, 1.807) is 12.1 Å². The summed E-state index contributed by atoms with van der Waals surface area (Å²) in [5.74, 6) is -0.613. The van der Waals surface area contributed by atoms with Gasteiger partial charge in [-0.2, -0.15) is 0 Å². The number of rotatable bonds is 7. The molecule has 0 spiro atoms. The first-order chi connectivity index (χ1) is 11.7. The highest BCUT2D eigenvalue weighted by atomic mass is 32.2. The number of para-hydroxylation sites is 2. The van der Waals surface area contributed by atoms with Crippen molar-refractivity contribution in [3.8, 4) is 5.75 Å². The largest absolute Gasteiger partial charge is 0.573 e. The normalized spacial score (nSPS) is 12.0.